The maximum Gasteiger partial charge on any atom is 0.0431 e. The molecule has 0 saturated heterocycles. The summed E-state index contributed by atoms with van der Waals surface area (Å²) in [6, 6.07) is 0. The summed E-state index contributed by atoms with van der Waals surface area (Å²) in [5.74, 6) is 0. The van der Waals surface area contributed by atoms with Gasteiger partial charge in [-0.1, -0.05) is 151 Å². The molecule has 0 aliphatic heterocycles. The molecule has 0 rings (SSSR count). The van der Waals surface area contributed by atoms with Crippen molar-refractivity contribution >= 4 is 15.9 Å². The maximum absolute atomic E-state index is 8.64. The quantitative estimate of drug-likeness (QED) is 0.0567. The van der Waals surface area contributed by atoms with Crippen LogP contribution in [0.15, 0.2) is 122 Å². The van der Waals surface area contributed by atoms with Gasteiger partial charge in [0.15, 0.2) is 0 Å². The van der Waals surface area contributed by atoms with Crippen LogP contribution >= 0.6 is 15.9 Å². The van der Waals surface area contributed by atoms with E-state index in [1.165, 1.54) is 19.3 Å². The predicted molar refractivity (Wildman–Crippen MR) is 197 cm³/mol. The van der Waals surface area contributed by atoms with Crippen molar-refractivity contribution < 1.29 is 5.11 Å². The lowest BCUT2D eigenvalue weighted by Crippen LogP contribution is -1.79. The van der Waals surface area contributed by atoms with Crippen LogP contribution in [0.1, 0.15) is 117 Å². The zero-order valence-corrected chi connectivity index (χ0v) is 28.7. The summed E-state index contributed by atoms with van der Waals surface area (Å²) in [5, 5.41) is 9.77. The molecule has 236 valence electrons. The average Bonchev–Trinajstić information content (AvgIpc) is 3.00. The molecular weight excluding hydrogens is 576 g/mol. The lowest BCUT2D eigenvalue weighted by Gasteiger charge is -1.90. The molecule has 0 aliphatic carbocycles. The summed E-state index contributed by atoms with van der Waals surface area (Å²) in [4.78, 5) is 0. The highest BCUT2D eigenvalue weighted by Gasteiger charge is 1.82. The molecule has 0 heterocycles. The molecule has 2 heteroatoms. The summed E-state index contributed by atoms with van der Waals surface area (Å²) < 4.78 is 0. The first-order valence-corrected chi connectivity index (χ1v) is 17.6. The standard InChI is InChI=1S/C20H31Br.C20H32O/c2*1-2-3-4-5-6-7-8-9-10-11-12-13-14-15-16-17-18-19-20-21/h3-4,6-7,9-10,12-13,15-16H,2,5,8,11,14,17-20H2,1H3;3-4,6-7,9-10,12-13,15-16,21H,2,5,8,11,14,17-20H2,1H3/b2*4-3-,7-6-,10-9-,13-12-,16-15-. The van der Waals surface area contributed by atoms with Gasteiger partial charge in [0.05, 0.1) is 0 Å². The van der Waals surface area contributed by atoms with Crippen LogP contribution < -0.4 is 0 Å². The number of hydrogen-bond acceptors (Lipinski definition) is 1. The van der Waals surface area contributed by atoms with Crippen molar-refractivity contribution in [3.8, 4) is 0 Å². The maximum atomic E-state index is 8.64. The van der Waals surface area contributed by atoms with E-state index in [-0.39, 0.29) is 0 Å². The molecule has 0 spiro atoms. The van der Waals surface area contributed by atoms with E-state index in [4.69, 9.17) is 5.11 Å². The number of allylic oxidation sites excluding steroid dienone is 20. The number of alkyl halides is 1. The van der Waals surface area contributed by atoms with E-state index in [9.17, 15) is 0 Å². The first-order valence-electron chi connectivity index (χ1n) is 16.5. The Morgan fingerprint density at radius 2 is 0.619 bits per heavy atom. The molecule has 0 amide bonds. The number of hydrogen-bond donors (Lipinski definition) is 1. The zero-order chi connectivity index (χ0) is 30.9. The number of unbranched alkanes of at least 4 members (excludes halogenated alkanes) is 4. The molecule has 1 N–H and O–H groups in total. The van der Waals surface area contributed by atoms with Crippen molar-refractivity contribution in [2.75, 3.05) is 11.9 Å². The fourth-order valence-electron chi connectivity index (χ4n) is 3.47. The first kappa shape index (κ1) is 42.0. The van der Waals surface area contributed by atoms with Crippen LogP contribution in [0.2, 0.25) is 0 Å². The van der Waals surface area contributed by atoms with E-state index in [1.807, 2.05) is 0 Å². The molecule has 0 aliphatic rings. The summed E-state index contributed by atoms with van der Waals surface area (Å²) in [7, 11) is 0. The highest BCUT2D eigenvalue weighted by Crippen LogP contribution is 2.01. The second-order valence-corrected chi connectivity index (χ2v) is 10.6. The molecule has 0 unspecified atom stereocenters. The van der Waals surface area contributed by atoms with Gasteiger partial charge in [0.1, 0.15) is 0 Å². The Morgan fingerprint density at radius 3 is 0.881 bits per heavy atom. The minimum atomic E-state index is 0.310. The van der Waals surface area contributed by atoms with Crippen molar-refractivity contribution in [1.82, 2.24) is 0 Å². The average molecular weight is 640 g/mol. The van der Waals surface area contributed by atoms with Gasteiger partial charge < -0.3 is 5.11 Å². The second-order valence-electron chi connectivity index (χ2n) is 9.82. The van der Waals surface area contributed by atoms with Crippen LogP contribution in [-0.2, 0) is 0 Å². The lowest BCUT2D eigenvalue weighted by atomic mass is 10.2. The van der Waals surface area contributed by atoms with E-state index in [0.29, 0.717) is 6.61 Å². The van der Waals surface area contributed by atoms with Crippen molar-refractivity contribution in [3.05, 3.63) is 122 Å². The summed E-state index contributed by atoms with van der Waals surface area (Å²) in [6.07, 6.45) is 61.9. The molecule has 0 aromatic heterocycles. The van der Waals surface area contributed by atoms with Crippen molar-refractivity contribution in [1.29, 1.82) is 0 Å². The highest BCUT2D eigenvalue weighted by atomic mass is 79.9. The molecule has 0 fully saturated rings. The van der Waals surface area contributed by atoms with Crippen molar-refractivity contribution in [3.63, 3.8) is 0 Å². The zero-order valence-electron chi connectivity index (χ0n) is 27.1. The van der Waals surface area contributed by atoms with Gasteiger partial charge >= 0.3 is 0 Å². The van der Waals surface area contributed by atoms with E-state index in [1.54, 1.807) is 0 Å². The van der Waals surface area contributed by atoms with Gasteiger partial charge in [-0.15, -0.1) is 0 Å². The molecule has 0 saturated carbocycles. The normalized spacial score (nSPS) is 13.0. The topological polar surface area (TPSA) is 20.2 Å². The Balaban J connectivity index is 0. The molecule has 42 heavy (non-hydrogen) atoms. The number of halogens is 1. The van der Waals surface area contributed by atoms with Crippen LogP contribution in [0.25, 0.3) is 0 Å². The van der Waals surface area contributed by atoms with Gasteiger partial charge in [-0.25, -0.2) is 0 Å². The van der Waals surface area contributed by atoms with Gasteiger partial charge in [-0.3, -0.25) is 0 Å². The summed E-state index contributed by atoms with van der Waals surface area (Å²) in [6.45, 7) is 4.63. The number of aliphatic hydroxyl groups excluding tert-OH is 1. The van der Waals surface area contributed by atoms with Crippen LogP contribution in [0.5, 0.6) is 0 Å². The SMILES string of the molecule is CC/C=C\C/C=C\C/C=C\C/C=C\C/C=C\CCCCBr.CC/C=C\C/C=C\C/C=C\C/C=C\C/C=C\CCCCO. The van der Waals surface area contributed by atoms with E-state index >= 15 is 0 Å². The molecule has 1 nitrogen and oxygen atoms in total. The smallest absolute Gasteiger partial charge is 0.0431 e. The van der Waals surface area contributed by atoms with Crippen LogP contribution in [-0.4, -0.2) is 17.0 Å². The summed E-state index contributed by atoms with van der Waals surface area (Å²) >= 11 is 3.45. The highest BCUT2D eigenvalue weighted by molar-refractivity contribution is 9.09. The Hall–Kier alpha value is -2.16. The molecule has 0 atom stereocenters. The van der Waals surface area contributed by atoms with Gasteiger partial charge in [0.25, 0.3) is 0 Å². The minimum Gasteiger partial charge on any atom is -0.396 e. The van der Waals surface area contributed by atoms with Crippen molar-refractivity contribution in [2.24, 2.45) is 0 Å². The Morgan fingerprint density at radius 1 is 0.357 bits per heavy atom. The fraction of sp³-hybridized carbons (Fsp3) is 0.500. The van der Waals surface area contributed by atoms with Crippen LogP contribution in [0, 0.1) is 0 Å². The predicted octanol–water partition coefficient (Wildman–Crippen LogP) is 13.2. The third-order valence-electron chi connectivity index (χ3n) is 5.85. The molecule has 0 aromatic rings. The lowest BCUT2D eigenvalue weighted by molar-refractivity contribution is 0.285. The first-order chi connectivity index (χ1) is 20.8. The fourth-order valence-corrected chi connectivity index (χ4v) is 3.86. The molecule has 0 bridgehead atoms. The van der Waals surface area contributed by atoms with Gasteiger partial charge in [0, 0.05) is 11.9 Å². The monoisotopic (exact) mass is 638 g/mol. The molecule has 0 radical (unpaired) electrons. The third kappa shape index (κ3) is 44.8. The Kier molecular flexibility index (Phi) is 43.3. The van der Waals surface area contributed by atoms with Gasteiger partial charge in [-0.05, 0) is 103 Å². The van der Waals surface area contributed by atoms with Gasteiger partial charge in [0.2, 0.25) is 0 Å². The Labute approximate surface area is 270 Å². The van der Waals surface area contributed by atoms with Crippen molar-refractivity contribution in [2.45, 2.75) is 117 Å². The number of aliphatic hydroxyl groups is 1. The van der Waals surface area contributed by atoms with E-state index < -0.39 is 0 Å². The minimum absolute atomic E-state index is 0.310. The Bertz CT molecular complexity index is 733. The molecule has 0 aromatic carbocycles. The third-order valence-corrected chi connectivity index (χ3v) is 6.41. The second kappa shape index (κ2) is 43.3. The van der Waals surface area contributed by atoms with E-state index in [2.05, 4.69) is 151 Å². The van der Waals surface area contributed by atoms with Crippen LogP contribution in [0.4, 0.5) is 0 Å². The molecular formula is C40H63BrO. The van der Waals surface area contributed by atoms with Gasteiger partial charge in [-0.2, -0.15) is 0 Å². The number of rotatable bonds is 26. The summed E-state index contributed by atoms with van der Waals surface area (Å²) in [5.41, 5.74) is 0. The van der Waals surface area contributed by atoms with Crippen LogP contribution in [0.3, 0.4) is 0 Å². The largest absolute Gasteiger partial charge is 0.396 e. The van der Waals surface area contributed by atoms with E-state index in [0.717, 1.165) is 88.8 Å².